The van der Waals surface area contributed by atoms with Gasteiger partial charge in [0.2, 0.25) is 0 Å². The highest BCUT2D eigenvalue weighted by atomic mass is 19.1. The molecule has 11 heavy (non-hydrogen) atoms. The number of halogens is 1. The molecule has 4 heteroatoms. The topological polar surface area (TPSA) is 53.8 Å². The summed E-state index contributed by atoms with van der Waals surface area (Å²) in [5, 5.41) is 8.27. The van der Waals surface area contributed by atoms with E-state index in [0.29, 0.717) is 6.29 Å². The molecule has 1 heterocycles. The summed E-state index contributed by atoms with van der Waals surface area (Å²) in [5.41, 5.74) is -0.494. The van der Waals surface area contributed by atoms with E-state index in [4.69, 9.17) is 5.26 Å². The van der Waals surface area contributed by atoms with Gasteiger partial charge in [-0.1, -0.05) is 0 Å². The summed E-state index contributed by atoms with van der Waals surface area (Å²) in [6, 6.07) is 2.74. The third-order valence-corrected chi connectivity index (χ3v) is 1.15. The molecule has 0 aliphatic rings. The third kappa shape index (κ3) is 1.22. The van der Waals surface area contributed by atoms with E-state index in [1.807, 2.05) is 0 Å². The second kappa shape index (κ2) is 2.88. The van der Waals surface area contributed by atoms with E-state index in [-0.39, 0.29) is 11.3 Å². The van der Waals surface area contributed by atoms with Crippen LogP contribution in [0.4, 0.5) is 4.39 Å². The van der Waals surface area contributed by atoms with E-state index >= 15 is 0 Å². The number of hydrogen-bond donors (Lipinski definition) is 0. The van der Waals surface area contributed by atoms with Gasteiger partial charge in [0.1, 0.15) is 6.07 Å². The smallest absolute Gasteiger partial charge is 0.176 e. The molecule has 0 aromatic carbocycles. The molecule has 0 saturated carbocycles. The van der Waals surface area contributed by atoms with Gasteiger partial charge in [-0.15, -0.1) is 0 Å². The van der Waals surface area contributed by atoms with E-state index in [9.17, 15) is 9.18 Å². The van der Waals surface area contributed by atoms with Gasteiger partial charge in [0, 0.05) is 6.20 Å². The van der Waals surface area contributed by atoms with Crippen LogP contribution < -0.4 is 0 Å². The molecule has 1 aromatic heterocycles. The number of nitriles is 1. The monoisotopic (exact) mass is 150 g/mol. The maximum atomic E-state index is 12.8. The van der Waals surface area contributed by atoms with Crippen LogP contribution in [0.3, 0.4) is 0 Å². The number of carbonyl (C=O) groups is 1. The Balaban J connectivity index is 3.34. The lowest BCUT2D eigenvalue weighted by molar-refractivity contribution is 0.111. The van der Waals surface area contributed by atoms with Gasteiger partial charge in [0.15, 0.2) is 17.8 Å². The Bertz CT molecular complexity index is 330. The molecule has 0 radical (unpaired) electrons. The lowest BCUT2D eigenvalue weighted by Gasteiger charge is -1.92. The van der Waals surface area contributed by atoms with Crippen LogP contribution >= 0.6 is 0 Å². The average molecular weight is 150 g/mol. The van der Waals surface area contributed by atoms with Crippen LogP contribution in [0.2, 0.25) is 0 Å². The minimum Gasteiger partial charge on any atom is -0.298 e. The van der Waals surface area contributed by atoms with Crippen molar-refractivity contribution >= 4 is 6.29 Å². The van der Waals surface area contributed by atoms with Gasteiger partial charge in [0.05, 0.1) is 5.56 Å². The number of aldehydes is 1. The highest BCUT2D eigenvalue weighted by Gasteiger charge is 2.06. The highest BCUT2D eigenvalue weighted by Crippen LogP contribution is 2.05. The predicted molar refractivity (Wildman–Crippen MR) is 34.3 cm³/mol. The number of nitrogens with zero attached hydrogens (tertiary/aromatic N) is 2. The van der Waals surface area contributed by atoms with E-state index < -0.39 is 5.82 Å². The molecule has 0 N–H and O–H groups in total. The van der Waals surface area contributed by atoms with Gasteiger partial charge >= 0.3 is 0 Å². The number of carbonyl (C=O) groups excluding carboxylic acids is 1. The summed E-state index contributed by atoms with van der Waals surface area (Å²) in [6.45, 7) is 0. The maximum absolute atomic E-state index is 12.8. The van der Waals surface area contributed by atoms with Crippen molar-refractivity contribution in [2.24, 2.45) is 0 Å². The molecule has 0 fully saturated rings. The lowest BCUT2D eigenvalue weighted by Crippen LogP contribution is -1.94. The Morgan fingerprint density at radius 1 is 1.73 bits per heavy atom. The minimum absolute atomic E-state index is 0.142. The average Bonchev–Trinajstić information content (AvgIpc) is 2.05. The first-order chi connectivity index (χ1) is 5.29. The van der Waals surface area contributed by atoms with Crippen molar-refractivity contribution < 1.29 is 9.18 Å². The predicted octanol–water partition coefficient (Wildman–Crippen LogP) is 0.905. The number of rotatable bonds is 1. The molecule has 0 saturated heterocycles. The van der Waals surface area contributed by atoms with Crippen LogP contribution in [0, 0.1) is 17.1 Å². The molecule has 0 spiro atoms. The fraction of sp³-hybridized carbons (Fsp3) is 0. The fourth-order valence-corrected chi connectivity index (χ4v) is 0.628. The second-order valence-corrected chi connectivity index (χ2v) is 1.79. The Morgan fingerprint density at radius 2 is 2.45 bits per heavy atom. The van der Waals surface area contributed by atoms with E-state index in [0.717, 1.165) is 0 Å². The molecule has 0 bridgehead atoms. The van der Waals surface area contributed by atoms with Crippen LogP contribution in [-0.4, -0.2) is 11.3 Å². The third-order valence-electron chi connectivity index (χ3n) is 1.15. The Hall–Kier alpha value is -1.76. The van der Waals surface area contributed by atoms with Gasteiger partial charge in [-0.3, -0.25) is 4.79 Å². The molecular formula is C7H3FN2O. The zero-order chi connectivity index (χ0) is 8.27. The van der Waals surface area contributed by atoms with Gasteiger partial charge in [0.25, 0.3) is 0 Å². The van der Waals surface area contributed by atoms with Crippen LogP contribution in [0.5, 0.6) is 0 Å². The standard InChI is InChI=1S/C7H3FN2O/c8-7-5(4-11)1-2-10-6(7)3-9/h1-2,4H. The molecule has 3 nitrogen and oxygen atoms in total. The van der Waals surface area contributed by atoms with Crippen molar-refractivity contribution in [3.8, 4) is 6.07 Å². The molecule has 0 aliphatic heterocycles. The van der Waals surface area contributed by atoms with E-state index in [2.05, 4.69) is 4.98 Å². The molecule has 0 amide bonds. The summed E-state index contributed by atoms with van der Waals surface area (Å²) in [7, 11) is 0. The summed E-state index contributed by atoms with van der Waals surface area (Å²) < 4.78 is 12.8. The summed E-state index contributed by atoms with van der Waals surface area (Å²) >= 11 is 0. The highest BCUT2D eigenvalue weighted by molar-refractivity contribution is 5.75. The molecular weight excluding hydrogens is 147 g/mol. The van der Waals surface area contributed by atoms with Gasteiger partial charge in [-0.05, 0) is 6.07 Å². The van der Waals surface area contributed by atoms with Crippen molar-refractivity contribution in [1.29, 1.82) is 5.26 Å². The van der Waals surface area contributed by atoms with Crippen molar-refractivity contribution in [1.82, 2.24) is 4.98 Å². The molecule has 0 aliphatic carbocycles. The van der Waals surface area contributed by atoms with Gasteiger partial charge < -0.3 is 0 Å². The summed E-state index contributed by atoms with van der Waals surface area (Å²) in [5.74, 6) is -0.856. The van der Waals surface area contributed by atoms with Gasteiger partial charge in [-0.2, -0.15) is 5.26 Å². The largest absolute Gasteiger partial charge is 0.298 e. The molecule has 0 atom stereocenters. The Kier molecular flexibility index (Phi) is 1.93. The van der Waals surface area contributed by atoms with Crippen molar-refractivity contribution in [3.63, 3.8) is 0 Å². The second-order valence-electron chi connectivity index (χ2n) is 1.79. The summed E-state index contributed by atoms with van der Waals surface area (Å²) in [6.07, 6.45) is 1.56. The zero-order valence-electron chi connectivity index (χ0n) is 5.41. The number of hydrogen-bond acceptors (Lipinski definition) is 3. The summed E-state index contributed by atoms with van der Waals surface area (Å²) in [4.78, 5) is 13.5. The Morgan fingerprint density at radius 3 is 3.00 bits per heavy atom. The first kappa shape index (κ1) is 7.35. The lowest BCUT2D eigenvalue weighted by atomic mass is 10.2. The molecule has 54 valence electrons. The quantitative estimate of drug-likeness (QED) is 0.559. The fourth-order valence-electron chi connectivity index (χ4n) is 0.628. The van der Waals surface area contributed by atoms with Crippen molar-refractivity contribution in [2.45, 2.75) is 0 Å². The van der Waals surface area contributed by atoms with Crippen molar-refractivity contribution in [2.75, 3.05) is 0 Å². The molecule has 1 rings (SSSR count). The van der Waals surface area contributed by atoms with Crippen LogP contribution in [0.25, 0.3) is 0 Å². The van der Waals surface area contributed by atoms with Gasteiger partial charge in [-0.25, -0.2) is 9.37 Å². The van der Waals surface area contributed by atoms with Crippen molar-refractivity contribution in [3.05, 3.63) is 29.3 Å². The zero-order valence-corrected chi connectivity index (χ0v) is 5.41. The van der Waals surface area contributed by atoms with E-state index in [1.54, 1.807) is 0 Å². The van der Waals surface area contributed by atoms with Crippen LogP contribution in [-0.2, 0) is 0 Å². The molecule has 0 unspecified atom stereocenters. The van der Waals surface area contributed by atoms with Crippen LogP contribution in [0.1, 0.15) is 16.1 Å². The first-order valence-electron chi connectivity index (χ1n) is 2.79. The Labute approximate surface area is 62.1 Å². The number of pyridine rings is 1. The van der Waals surface area contributed by atoms with E-state index in [1.165, 1.54) is 18.3 Å². The first-order valence-corrected chi connectivity index (χ1v) is 2.79. The minimum atomic E-state index is -0.856. The van der Waals surface area contributed by atoms with Crippen LogP contribution in [0.15, 0.2) is 12.3 Å². The normalized spacial score (nSPS) is 8.73. The molecule has 1 aromatic rings. The SMILES string of the molecule is N#Cc1nccc(C=O)c1F. The number of aromatic nitrogens is 1. The maximum Gasteiger partial charge on any atom is 0.176 e.